The third-order valence-corrected chi connectivity index (χ3v) is 3.58. The molecule has 0 saturated heterocycles. The summed E-state index contributed by atoms with van der Waals surface area (Å²) >= 11 is 0. The minimum absolute atomic E-state index is 0.533. The van der Waals surface area contributed by atoms with Gasteiger partial charge in [0.1, 0.15) is 0 Å². The van der Waals surface area contributed by atoms with Crippen LogP contribution in [0.1, 0.15) is 44.1 Å². The van der Waals surface area contributed by atoms with Crippen molar-refractivity contribution in [2.24, 2.45) is 5.92 Å². The number of hydrogen-bond donors (Lipinski definition) is 0. The Morgan fingerprint density at radius 1 is 1.06 bits per heavy atom. The first kappa shape index (κ1) is 11.6. The molecular weight excluding hydrogens is 206 g/mol. The van der Waals surface area contributed by atoms with Gasteiger partial charge in [0.15, 0.2) is 11.6 Å². The van der Waals surface area contributed by atoms with E-state index in [9.17, 15) is 8.78 Å². The fourth-order valence-electron chi connectivity index (χ4n) is 2.58. The third kappa shape index (κ3) is 2.81. The first-order valence-corrected chi connectivity index (χ1v) is 6.20. The van der Waals surface area contributed by atoms with Gasteiger partial charge in [0, 0.05) is 0 Å². The van der Waals surface area contributed by atoms with Gasteiger partial charge >= 0.3 is 0 Å². The lowest BCUT2D eigenvalue weighted by Gasteiger charge is -2.21. The molecule has 1 saturated carbocycles. The van der Waals surface area contributed by atoms with Crippen LogP contribution < -0.4 is 0 Å². The normalized spacial score (nSPS) is 17.6. The van der Waals surface area contributed by atoms with E-state index in [1.54, 1.807) is 12.1 Å². The quantitative estimate of drug-likeness (QED) is 0.710. The first-order chi connectivity index (χ1) is 7.77. The van der Waals surface area contributed by atoms with Gasteiger partial charge in [-0.15, -0.1) is 0 Å². The Kier molecular flexibility index (Phi) is 3.92. The van der Waals surface area contributed by atoms with Crippen molar-refractivity contribution in [3.63, 3.8) is 0 Å². The van der Waals surface area contributed by atoms with Crippen molar-refractivity contribution in [3.05, 3.63) is 35.4 Å². The molecule has 2 rings (SSSR count). The topological polar surface area (TPSA) is 0 Å². The summed E-state index contributed by atoms with van der Waals surface area (Å²) in [7, 11) is 0. The van der Waals surface area contributed by atoms with E-state index in [1.165, 1.54) is 38.2 Å². The Labute approximate surface area is 95.7 Å². The molecule has 0 aliphatic heterocycles. The summed E-state index contributed by atoms with van der Waals surface area (Å²) in [5.41, 5.74) is 0.533. The van der Waals surface area contributed by atoms with Crippen molar-refractivity contribution in [2.75, 3.05) is 0 Å². The summed E-state index contributed by atoms with van der Waals surface area (Å²) < 4.78 is 26.4. The molecule has 0 amide bonds. The molecule has 1 aliphatic carbocycles. The van der Waals surface area contributed by atoms with E-state index in [0.29, 0.717) is 12.0 Å². The average Bonchev–Trinajstić information content (AvgIpc) is 2.32. The van der Waals surface area contributed by atoms with E-state index in [1.807, 2.05) is 0 Å². The maximum atomic E-state index is 13.4. The van der Waals surface area contributed by atoms with Gasteiger partial charge in [-0.05, 0) is 30.4 Å². The molecule has 0 unspecified atom stereocenters. The molecule has 0 radical (unpaired) electrons. The Bertz CT molecular complexity index is 341. The Morgan fingerprint density at radius 2 is 1.81 bits per heavy atom. The minimum Gasteiger partial charge on any atom is -0.204 e. The highest BCUT2D eigenvalue weighted by atomic mass is 19.2. The number of rotatable bonds is 3. The second-order valence-electron chi connectivity index (χ2n) is 4.76. The first-order valence-electron chi connectivity index (χ1n) is 6.20. The van der Waals surface area contributed by atoms with Gasteiger partial charge in [-0.1, -0.05) is 44.2 Å². The van der Waals surface area contributed by atoms with Gasteiger partial charge < -0.3 is 0 Å². The number of aryl methyl sites for hydroxylation is 1. The summed E-state index contributed by atoms with van der Waals surface area (Å²) in [4.78, 5) is 0. The Hall–Kier alpha value is -0.920. The number of benzene rings is 1. The largest absolute Gasteiger partial charge is 0.204 e. The van der Waals surface area contributed by atoms with Crippen LogP contribution in [-0.2, 0) is 6.42 Å². The van der Waals surface area contributed by atoms with Gasteiger partial charge in [-0.25, -0.2) is 8.78 Å². The van der Waals surface area contributed by atoms with Crippen LogP contribution in [0.3, 0.4) is 0 Å². The lowest BCUT2D eigenvalue weighted by Crippen LogP contribution is -2.08. The average molecular weight is 224 g/mol. The molecular formula is C14H18F2. The summed E-state index contributed by atoms with van der Waals surface area (Å²) in [5, 5.41) is 0. The summed E-state index contributed by atoms with van der Waals surface area (Å²) in [6.45, 7) is 0. The zero-order valence-electron chi connectivity index (χ0n) is 9.52. The van der Waals surface area contributed by atoms with E-state index >= 15 is 0 Å². The van der Waals surface area contributed by atoms with Crippen molar-refractivity contribution < 1.29 is 8.78 Å². The van der Waals surface area contributed by atoms with Gasteiger partial charge in [-0.2, -0.15) is 0 Å². The zero-order chi connectivity index (χ0) is 11.4. The molecule has 0 bridgehead atoms. The van der Waals surface area contributed by atoms with Crippen LogP contribution in [0.15, 0.2) is 18.2 Å². The van der Waals surface area contributed by atoms with Crippen molar-refractivity contribution in [3.8, 4) is 0 Å². The van der Waals surface area contributed by atoms with Crippen LogP contribution in [0.5, 0.6) is 0 Å². The summed E-state index contributed by atoms with van der Waals surface area (Å²) in [5.74, 6) is -0.657. The Balaban J connectivity index is 1.91. The van der Waals surface area contributed by atoms with Crippen LogP contribution in [0.4, 0.5) is 8.78 Å². The van der Waals surface area contributed by atoms with Crippen molar-refractivity contribution in [2.45, 2.75) is 44.9 Å². The van der Waals surface area contributed by atoms with E-state index < -0.39 is 11.6 Å². The van der Waals surface area contributed by atoms with Crippen LogP contribution in [0.2, 0.25) is 0 Å². The molecule has 0 spiro atoms. The monoisotopic (exact) mass is 224 g/mol. The molecule has 1 aromatic carbocycles. The molecule has 0 N–H and O–H groups in total. The molecule has 0 heterocycles. The van der Waals surface area contributed by atoms with Crippen molar-refractivity contribution in [1.82, 2.24) is 0 Å². The van der Waals surface area contributed by atoms with Crippen LogP contribution in [0.25, 0.3) is 0 Å². The smallest absolute Gasteiger partial charge is 0.162 e. The lowest BCUT2D eigenvalue weighted by molar-refractivity contribution is 0.337. The lowest BCUT2D eigenvalue weighted by atomic mass is 9.85. The molecule has 88 valence electrons. The Morgan fingerprint density at radius 3 is 2.56 bits per heavy atom. The van der Waals surface area contributed by atoms with Crippen LogP contribution >= 0.6 is 0 Å². The van der Waals surface area contributed by atoms with Crippen molar-refractivity contribution >= 4 is 0 Å². The molecule has 1 fully saturated rings. The molecule has 0 nitrogen and oxygen atoms in total. The van der Waals surface area contributed by atoms with Crippen molar-refractivity contribution in [1.29, 1.82) is 0 Å². The predicted molar refractivity (Wildman–Crippen MR) is 61.3 cm³/mol. The fraction of sp³-hybridized carbons (Fsp3) is 0.571. The SMILES string of the molecule is Fc1cccc(CCC2CCCCC2)c1F. The summed E-state index contributed by atoms with van der Waals surface area (Å²) in [6, 6.07) is 4.47. The highest BCUT2D eigenvalue weighted by Gasteiger charge is 2.14. The zero-order valence-corrected chi connectivity index (χ0v) is 9.52. The van der Waals surface area contributed by atoms with E-state index in [2.05, 4.69) is 0 Å². The number of hydrogen-bond acceptors (Lipinski definition) is 0. The van der Waals surface area contributed by atoms with Crippen LogP contribution in [-0.4, -0.2) is 0 Å². The second kappa shape index (κ2) is 5.42. The summed E-state index contributed by atoms with van der Waals surface area (Å²) in [6.07, 6.45) is 8.14. The van der Waals surface area contributed by atoms with E-state index in [4.69, 9.17) is 0 Å². The van der Waals surface area contributed by atoms with E-state index in [0.717, 1.165) is 12.3 Å². The van der Waals surface area contributed by atoms with Gasteiger partial charge in [0.25, 0.3) is 0 Å². The molecule has 0 aromatic heterocycles. The minimum atomic E-state index is -0.721. The highest BCUT2D eigenvalue weighted by Crippen LogP contribution is 2.28. The second-order valence-corrected chi connectivity index (χ2v) is 4.76. The maximum Gasteiger partial charge on any atom is 0.162 e. The van der Waals surface area contributed by atoms with Gasteiger partial charge in [-0.3, -0.25) is 0 Å². The molecule has 1 aromatic rings. The molecule has 0 atom stereocenters. The van der Waals surface area contributed by atoms with E-state index in [-0.39, 0.29) is 0 Å². The van der Waals surface area contributed by atoms with Gasteiger partial charge in [0.2, 0.25) is 0 Å². The predicted octanol–water partition coefficient (Wildman–Crippen LogP) is 4.48. The van der Waals surface area contributed by atoms with Crippen LogP contribution in [0, 0.1) is 17.6 Å². The molecule has 2 heteroatoms. The number of halogens is 2. The maximum absolute atomic E-state index is 13.4. The highest BCUT2D eigenvalue weighted by molar-refractivity contribution is 5.19. The van der Waals surface area contributed by atoms with Gasteiger partial charge in [0.05, 0.1) is 0 Å². The molecule has 16 heavy (non-hydrogen) atoms. The third-order valence-electron chi connectivity index (χ3n) is 3.58. The standard InChI is InChI=1S/C14H18F2/c15-13-8-4-7-12(14(13)16)10-9-11-5-2-1-3-6-11/h4,7-8,11H,1-3,5-6,9-10H2. The molecule has 1 aliphatic rings. The fourth-order valence-corrected chi connectivity index (χ4v) is 2.58.